The lowest BCUT2D eigenvalue weighted by atomic mass is 9.95. The summed E-state index contributed by atoms with van der Waals surface area (Å²) >= 11 is 0. The van der Waals surface area contributed by atoms with E-state index < -0.39 is 0 Å². The first-order chi connectivity index (χ1) is 7.88. The number of anilines is 1. The van der Waals surface area contributed by atoms with Gasteiger partial charge in [-0.2, -0.15) is 0 Å². The smallest absolute Gasteiger partial charge is 0.218 e. The molecule has 1 N–H and O–H groups in total. The van der Waals surface area contributed by atoms with Crippen LogP contribution in [0.5, 0.6) is 5.88 Å². The van der Waals surface area contributed by atoms with E-state index in [0.717, 1.165) is 5.82 Å². The molecule has 1 heterocycles. The normalized spacial score (nSPS) is 17.1. The second-order valence-electron chi connectivity index (χ2n) is 4.15. The molecule has 0 atom stereocenters. The Morgan fingerprint density at radius 3 is 2.88 bits per heavy atom. The van der Waals surface area contributed by atoms with Gasteiger partial charge in [0.25, 0.3) is 0 Å². The van der Waals surface area contributed by atoms with Crippen molar-refractivity contribution in [3.8, 4) is 5.88 Å². The van der Waals surface area contributed by atoms with Gasteiger partial charge in [0.2, 0.25) is 5.88 Å². The van der Waals surface area contributed by atoms with Crippen molar-refractivity contribution in [1.29, 1.82) is 0 Å². The Balaban J connectivity index is 1.94. The van der Waals surface area contributed by atoms with E-state index in [9.17, 15) is 0 Å². The number of ether oxygens (including phenoxy) is 1. The highest BCUT2D eigenvalue weighted by molar-refractivity contribution is 5.38. The van der Waals surface area contributed by atoms with E-state index in [1.807, 2.05) is 13.0 Å². The average Bonchev–Trinajstić information content (AvgIpc) is 2.31. The van der Waals surface area contributed by atoms with Gasteiger partial charge in [-0.1, -0.05) is 19.3 Å². The first-order valence-corrected chi connectivity index (χ1v) is 6.10. The van der Waals surface area contributed by atoms with Gasteiger partial charge in [-0.25, -0.2) is 9.97 Å². The summed E-state index contributed by atoms with van der Waals surface area (Å²) in [6, 6.07) is 2.44. The summed E-state index contributed by atoms with van der Waals surface area (Å²) in [4.78, 5) is 8.26. The van der Waals surface area contributed by atoms with E-state index in [0.29, 0.717) is 18.5 Å². The summed E-state index contributed by atoms with van der Waals surface area (Å²) in [5, 5.41) is 3.45. The zero-order valence-corrected chi connectivity index (χ0v) is 9.78. The third kappa shape index (κ3) is 3.08. The third-order valence-electron chi connectivity index (χ3n) is 2.89. The van der Waals surface area contributed by atoms with Crippen LogP contribution >= 0.6 is 0 Å². The lowest BCUT2D eigenvalue weighted by molar-refractivity contribution is 0.326. The van der Waals surface area contributed by atoms with Crippen molar-refractivity contribution in [2.45, 2.75) is 45.1 Å². The van der Waals surface area contributed by atoms with Crippen molar-refractivity contribution in [2.24, 2.45) is 0 Å². The minimum absolute atomic E-state index is 0.568. The molecule has 0 aromatic carbocycles. The molecule has 1 fully saturated rings. The monoisotopic (exact) mass is 221 g/mol. The molecule has 1 saturated carbocycles. The fourth-order valence-corrected chi connectivity index (χ4v) is 2.10. The van der Waals surface area contributed by atoms with Gasteiger partial charge in [-0.3, -0.25) is 0 Å². The molecule has 1 aliphatic carbocycles. The molecule has 0 amide bonds. The first kappa shape index (κ1) is 11.2. The maximum Gasteiger partial charge on any atom is 0.218 e. The quantitative estimate of drug-likeness (QED) is 0.849. The summed E-state index contributed by atoms with van der Waals surface area (Å²) in [7, 11) is 0. The maximum absolute atomic E-state index is 5.34. The summed E-state index contributed by atoms with van der Waals surface area (Å²) in [6.45, 7) is 2.59. The molecule has 2 rings (SSSR count). The lowest BCUT2D eigenvalue weighted by Crippen LogP contribution is -2.22. The lowest BCUT2D eigenvalue weighted by Gasteiger charge is -2.23. The summed E-state index contributed by atoms with van der Waals surface area (Å²) in [5.41, 5.74) is 0. The Hall–Kier alpha value is -1.32. The van der Waals surface area contributed by atoms with Crippen LogP contribution in [0.4, 0.5) is 5.82 Å². The standard InChI is InChI=1S/C12H19N3O/c1-2-16-12-8-11(13-9-14-12)15-10-6-4-3-5-7-10/h8-10H,2-7H2,1H3,(H,13,14,15). The van der Waals surface area contributed by atoms with Crippen molar-refractivity contribution in [1.82, 2.24) is 9.97 Å². The van der Waals surface area contributed by atoms with Crippen LogP contribution in [0, 0.1) is 0 Å². The second kappa shape index (κ2) is 5.68. The highest BCUT2D eigenvalue weighted by Crippen LogP contribution is 2.21. The Morgan fingerprint density at radius 1 is 1.31 bits per heavy atom. The average molecular weight is 221 g/mol. The minimum atomic E-state index is 0.568. The molecule has 4 nitrogen and oxygen atoms in total. The predicted octanol–water partition coefficient (Wildman–Crippen LogP) is 2.62. The van der Waals surface area contributed by atoms with Gasteiger partial charge in [-0.05, 0) is 19.8 Å². The van der Waals surface area contributed by atoms with Gasteiger partial charge in [-0.15, -0.1) is 0 Å². The molecule has 0 spiro atoms. The summed E-state index contributed by atoms with van der Waals surface area (Å²) < 4.78 is 5.34. The first-order valence-electron chi connectivity index (χ1n) is 6.10. The van der Waals surface area contributed by atoms with Gasteiger partial charge >= 0.3 is 0 Å². The van der Waals surface area contributed by atoms with Gasteiger partial charge in [0.05, 0.1) is 6.61 Å². The van der Waals surface area contributed by atoms with E-state index in [1.165, 1.54) is 32.1 Å². The van der Waals surface area contributed by atoms with Crippen molar-refractivity contribution in [3.63, 3.8) is 0 Å². The van der Waals surface area contributed by atoms with Crippen LogP contribution in [-0.4, -0.2) is 22.6 Å². The van der Waals surface area contributed by atoms with Crippen LogP contribution in [0.1, 0.15) is 39.0 Å². The topological polar surface area (TPSA) is 47.0 Å². The van der Waals surface area contributed by atoms with Crippen LogP contribution in [0.15, 0.2) is 12.4 Å². The summed E-state index contributed by atoms with van der Waals surface area (Å²) in [5.74, 6) is 1.53. The Bertz CT molecular complexity index is 324. The molecule has 88 valence electrons. The van der Waals surface area contributed by atoms with E-state index in [2.05, 4.69) is 15.3 Å². The number of hydrogen-bond acceptors (Lipinski definition) is 4. The molecule has 4 heteroatoms. The molecule has 0 radical (unpaired) electrons. The summed E-state index contributed by atoms with van der Waals surface area (Å²) in [6.07, 6.45) is 8.05. The number of nitrogens with zero attached hydrogens (tertiary/aromatic N) is 2. The number of hydrogen-bond donors (Lipinski definition) is 1. The molecule has 0 aliphatic heterocycles. The number of nitrogens with one attached hydrogen (secondary N) is 1. The van der Waals surface area contributed by atoms with E-state index >= 15 is 0 Å². The maximum atomic E-state index is 5.34. The van der Waals surface area contributed by atoms with E-state index in [1.54, 1.807) is 6.33 Å². The van der Waals surface area contributed by atoms with Crippen LogP contribution in [0.3, 0.4) is 0 Å². The van der Waals surface area contributed by atoms with Crippen LogP contribution in [-0.2, 0) is 0 Å². The Labute approximate surface area is 96.4 Å². The molecule has 1 aromatic rings. The minimum Gasteiger partial charge on any atom is -0.478 e. The molecular weight excluding hydrogens is 202 g/mol. The Morgan fingerprint density at radius 2 is 2.12 bits per heavy atom. The van der Waals surface area contributed by atoms with Crippen molar-refractivity contribution >= 4 is 5.82 Å². The predicted molar refractivity (Wildman–Crippen MR) is 63.7 cm³/mol. The van der Waals surface area contributed by atoms with E-state index in [-0.39, 0.29) is 0 Å². The van der Waals surface area contributed by atoms with Crippen LogP contribution in [0.25, 0.3) is 0 Å². The Kier molecular flexibility index (Phi) is 3.97. The molecule has 0 unspecified atom stereocenters. The number of aromatic nitrogens is 2. The van der Waals surface area contributed by atoms with Gasteiger partial charge in [0, 0.05) is 12.1 Å². The highest BCUT2D eigenvalue weighted by atomic mass is 16.5. The zero-order valence-electron chi connectivity index (χ0n) is 9.78. The molecular formula is C12H19N3O. The van der Waals surface area contributed by atoms with Crippen LogP contribution in [0.2, 0.25) is 0 Å². The molecule has 0 saturated heterocycles. The second-order valence-corrected chi connectivity index (χ2v) is 4.15. The van der Waals surface area contributed by atoms with Crippen LogP contribution < -0.4 is 10.1 Å². The molecule has 16 heavy (non-hydrogen) atoms. The van der Waals surface area contributed by atoms with Crippen molar-refractivity contribution in [2.75, 3.05) is 11.9 Å². The third-order valence-corrected chi connectivity index (χ3v) is 2.89. The number of rotatable bonds is 4. The van der Waals surface area contributed by atoms with Gasteiger partial charge in [0.1, 0.15) is 12.1 Å². The molecule has 0 bridgehead atoms. The molecule has 1 aliphatic rings. The SMILES string of the molecule is CCOc1cc(NC2CCCCC2)ncn1. The fourth-order valence-electron chi connectivity index (χ4n) is 2.10. The van der Waals surface area contributed by atoms with Gasteiger partial charge in [0.15, 0.2) is 0 Å². The van der Waals surface area contributed by atoms with Gasteiger partial charge < -0.3 is 10.1 Å². The van der Waals surface area contributed by atoms with Crippen molar-refractivity contribution in [3.05, 3.63) is 12.4 Å². The highest BCUT2D eigenvalue weighted by Gasteiger charge is 2.13. The fraction of sp³-hybridized carbons (Fsp3) is 0.667. The van der Waals surface area contributed by atoms with E-state index in [4.69, 9.17) is 4.74 Å². The molecule has 1 aromatic heterocycles. The largest absolute Gasteiger partial charge is 0.478 e. The van der Waals surface area contributed by atoms with Crippen molar-refractivity contribution < 1.29 is 4.74 Å². The zero-order chi connectivity index (χ0) is 11.2.